The van der Waals surface area contributed by atoms with Crippen molar-refractivity contribution in [2.75, 3.05) is 11.9 Å². The molecular weight excluding hydrogens is 396 g/mol. The highest BCUT2D eigenvalue weighted by atomic mass is 32.1. The van der Waals surface area contributed by atoms with Crippen LogP contribution in [0.25, 0.3) is 0 Å². The van der Waals surface area contributed by atoms with E-state index in [0.29, 0.717) is 22.4 Å². The van der Waals surface area contributed by atoms with Gasteiger partial charge in [-0.2, -0.15) is 5.26 Å². The molecule has 2 unspecified atom stereocenters. The van der Waals surface area contributed by atoms with Gasteiger partial charge in [0.05, 0.1) is 11.0 Å². The maximum atomic E-state index is 13.2. The van der Waals surface area contributed by atoms with Crippen molar-refractivity contribution in [1.29, 1.82) is 5.26 Å². The number of anilines is 1. The Kier molecular flexibility index (Phi) is 4.67. The van der Waals surface area contributed by atoms with Crippen molar-refractivity contribution < 1.29 is 14.3 Å². The molecule has 0 radical (unpaired) electrons. The Labute approximate surface area is 180 Å². The molecule has 4 aliphatic carbocycles. The molecule has 2 aromatic rings. The zero-order chi connectivity index (χ0) is 20.8. The number of nitriles is 1. The number of hydrogen-bond acceptors (Lipinski definition) is 5. The van der Waals surface area contributed by atoms with Gasteiger partial charge in [-0.15, -0.1) is 11.3 Å². The molecule has 1 amide bonds. The van der Waals surface area contributed by atoms with Crippen LogP contribution in [0.3, 0.4) is 0 Å². The maximum Gasteiger partial charge on any atom is 0.312 e. The van der Waals surface area contributed by atoms with E-state index in [0.717, 1.165) is 32.1 Å². The molecule has 6 heteroatoms. The first-order valence-corrected chi connectivity index (χ1v) is 11.4. The first kappa shape index (κ1) is 19.3. The minimum absolute atomic E-state index is 0.0608. The molecule has 1 aromatic heterocycles. The van der Waals surface area contributed by atoms with Gasteiger partial charge in [-0.3, -0.25) is 9.59 Å². The van der Waals surface area contributed by atoms with Crippen LogP contribution in [0.4, 0.5) is 5.00 Å². The average molecular weight is 421 g/mol. The number of carbonyl (C=O) groups is 2. The summed E-state index contributed by atoms with van der Waals surface area (Å²) in [5.74, 6) is 0.484. The molecule has 1 N–H and O–H groups in total. The van der Waals surface area contributed by atoms with Gasteiger partial charge in [0.25, 0.3) is 5.91 Å². The number of hydrogen-bond donors (Lipinski definition) is 1. The number of nitrogens with one attached hydrogen (secondary N) is 1. The zero-order valence-electron chi connectivity index (χ0n) is 16.7. The van der Waals surface area contributed by atoms with E-state index >= 15 is 0 Å². The maximum absolute atomic E-state index is 13.2. The van der Waals surface area contributed by atoms with Crippen LogP contribution in [-0.2, 0) is 19.7 Å². The van der Waals surface area contributed by atoms with E-state index in [4.69, 9.17) is 10.00 Å². The summed E-state index contributed by atoms with van der Waals surface area (Å²) in [7, 11) is 0. The van der Waals surface area contributed by atoms with Crippen LogP contribution in [-0.4, -0.2) is 18.5 Å². The van der Waals surface area contributed by atoms with Crippen molar-refractivity contribution in [2.45, 2.75) is 43.9 Å². The van der Waals surface area contributed by atoms with Gasteiger partial charge in [0, 0.05) is 0 Å². The molecule has 4 bridgehead atoms. The van der Waals surface area contributed by atoms with Gasteiger partial charge in [-0.05, 0) is 72.8 Å². The molecule has 154 valence electrons. The van der Waals surface area contributed by atoms with Crippen LogP contribution >= 0.6 is 11.3 Å². The zero-order valence-corrected chi connectivity index (χ0v) is 17.5. The first-order chi connectivity index (χ1) is 14.5. The predicted octanol–water partition coefficient (Wildman–Crippen LogP) is 4.64. The van der Waals surface area contributed by atoms with E-state index in [1.807, 2.05) is 12.1 Å². The van der Waals surface area contributed by atoms with Crippen LogP contribution in [0, 0.1) is 28.6 Å². The largest absolute Gasteiger partial charge is 0.455 e. The Morgan fingerprint density at radius 1 is 1.13 bits per heavy atom. The fraction of sp³-hybridized carbons (Fsp3) is 0.458. The monoisotopic (exact) mass is 420 g/mol. The fourth-order valence-corrected chi connectivity index (χ4v) is 7.33. The van der Waals surface area contributed by atoms with Gasteiger partial charge in [-0.1, -0.05) is 30.3 Å². The second-order valence-corrected chi connectivity index (χ2v) is 10.2. The summed E-state index contributed by atoms with van der Waals surface area (Å²) >= 11 is 1.29. The van der Waals surface area contributed by atoms with Gasteiger partial charge < -0.3 is 10.1 Å². The number of amides is 1. The molecule has 2 atom stereocenters. The van der Waals surface area contributed by atoms with Crippen LogP contribution in [0.15, 0.2) is 41.8 Å². The quantitative estimate of drug-likeness (QED) is 0.715. The van der Waals surface area contributed by atoms with Gasteiger partial charge in [-0.25, -0.2) is 0 Å². The van der Waals surface area contributed by atoms with Gasteiger partial charge >= 0.3 is 5.97 Å². The van der Waals surface area contributed by atoms with Crippen molar-refractivity contribution >= 4 is 28.2 Å². The summed E-state index contributed by atoms with van der Waals surface area (Å²) in [5, 5.41) is 14.0. The molecule has 6 rings (SSSR count). The van der Waals surface area contributed by atoms with Crippen molar-refractivity contribution in [2.24, 2.45) is 17.3 Å². The SMILES string of the molecule is N#Cc1ccsc1NC(=O)COC(=O)C12CC3CC(C1)CC(c1ccccc1)(C3)C2. The summed E-state index contributed by atoms with van der Waals surface area (Å²) < 4.78 is 5.56. The number of benzene rings is 1. The van der Waals surface area contributed by atoms with E-state index in [1.165, 1.54) is 23.3 Å². The molecule has 1 aromatic carbocycles. The van der Waals surface area contributed by atoms with Crippen molar-refractivity contribution in [1.82, 2.24) is 0 Å². The third-order valence-electron chi connectivity index (χ3n) is 7.25. The number of thiophene rings is 1. The van der Waals surface area contributed by atoms with E-state index < -0.39 is 11.3 Å². The van der Waals surface area contributed by atoms with Crippen molar-refractivity contribution in [3.8, 4) is 6.07 Å². The Morgan fingerprint density at radius 2 is 1.87 bits per heavy atom. The summed E-state index contributed by atoms with van der Waals surface area (Å²) in [5.41, 5.74) is 1.35. The lowest BCUT2D eigenvalue weighted by molar-refractivity contribution is -0.175. The van der Waals surface area contributed by atoms with E-state index in [2.05, 4.69) is 29.6 Å². The Balaban J connectivity index is 1.30. The summed E-state index contributed by atoms with van der Waals surface area (Å²) in [6.45, 7) is -0.309. The molecular formula is C24H24N2O3S. The Hall–Kier alpha value is -2.65. The summed E-state index contributed by atoms with van der Waals surface area (Å²) in [4.78, 5) is 25.6. The molecule has 0 saturated heterocycles. The molecule has 4 aliphatic rings. The van der Waals surface area contributed by atoms with Crippen LogP contribution in [0.5, 0.6) is 0 Å². The molecule has 0 spiro atoms. The summed E-state index contributed by atoms with van der Waals surface area (Å²) in [6, 6.07) is 14.3. The van der Waals surface area contributed by atoms with Crippen molar-refractivity contribution in [3.63, 3.8) is 0 Å². The highest BCUT2D eigenvalue weighted by molar-refractivity contribution is 7.14. The smallest absolute Gasteiger partial charge is 0.312 e. The van der Waals surface area contributed by atoms with Crippen molar-refractivity contribution in [3.05, 3.63) is 52.9 Å². The topological polar surface area (TPSA) is 79.2 Å². The lowest BCUT2D eigenvalue weighted by Gasteiger charge is -2.61. The Bertz CT molecular complexity index is 1010. The number of ether oxygens (including phenoxy) is 1. The third-order valence-corrected chi connectivity index (χ3v) is 8.08. The van der Waals surface area contributed by atoms with E-state index in [9.17, 15) is 9.59 Å². The van der Waals surface area contributed by atoms with Crippen LogP contribution < -0.4 is 5.32 Å². The lowest BCUT2D eigenvalue weighted by atomic mass is 9.43. The number of rotatable bonds is 5. The predicted molar refractivity (Wildman–Crippen MR) is 114 cm³/mol. The van der Waals surface area contributed by atoms with E-state index in [-0.39, 0.29) is 18.0 Å². The molecule has 4 saturated carbocycles. The Morgan fingerprint density at radius 3 is 2.57 bits per heavy atom. The van der Waals surface area contributed by atoms with Gasteiger partial charge in [0.2, 0.25) is 0 Å². The number of nitrogens with zero attached hydrogens (tertiary/aromatic N) is 1. The molecule has 1 heterocycles. The van der Waals surface area contributed by atoms with Gasteiger partial charge in [0.15, 0.2) is 6.61 Å². The van der Waals surface area contributed by atoms with Crippen LogP contribution in [0.2, 0.25) is 0 Å². The minimum Gasteiger partial charge on any atom is -0.455 e. The number of carbonyl (C=O) groups excluding carboxylic acids is 2. The summed E-state index contributed by atoms with van der Waals surface area (Å²) in [6.07, 6.45) is 6.08. The highest BCUT2D eigenvalue weighted by Crippen LogP contribution is 2.66. The first-order valence-electron chi connectivity index (χ1n) is 10.5. The van der Waals surface area contributed by atoms with Gasteiger partial charge in [0.1, 0.15) is 11.1 Å². The third kappa shape index (κ3) is 3.22. The van der Waals surface area contributed by atoms with E-state index in [1.54, 1.807) is 11.4 Å². The standard InChI is InChI=1S/C24H24N2O3S/c25-13-18-6-7-30-21(18)26-20(27)14-29-22(28)24-11-16-8-17(12-24)10-23(9-16,15-24)19-4-2-1-3-5-19/h1-7,16-17H,8-12,14-15H2,(H,26,27). The fourth-order valence-electron chi connectivity index (χ4n) is 6.57. The highest BCUT2D eigenvalue weighted by Gasteiger charge is 2.61. The second kappa shape index (κ2) is 7.24. The second-order valence-electron chi connectivity index (χ2n) is 9.29. The molecule has 5 nitrogen and oxygen atoms in total. The van der Waals surface area contributed by atoms with Crippen LogP contribution in [0.1, 0.15) is 49.7 Å². The number of esters is 1. The normalized spacial score (nSPS) is 31.2. The lowest BCUT2D eigenvalue weighted by Crippen LogP contribution is -2.57. The minimum atomic E-state index is -0.471. The molecule has 4 fully saturated rings. The molecule has 30 heavy (non-hydrogen) atoms. The average Bonchev–Trinajstić information content (AvgIpc) is 3.18. The molecule has 0 aliphatic heterocycles.